The van der Waals surface area contributed by atoms with Gasteiger partial charge < -0.3 is 4.42 Å². The van der Waals surface area contributed by atoms with E-state index in [0.29, 0.717) is 22.1 Å². The van der Waals surface area contributed by atoms with Crippen LogP contribution in [0.1, 0.15) is 16.1 Å². The van der Waals surface area contributed by atoms with Gasteiger partial charge in [0.15, 0.2) is 0 Å². The molecular weight excluding hydrogens is 439 g/mol. The Bertz CT molecular complexity index is 871. The van der Waals surface area contributed by atoms with Crippen LogP contribution in [-0.2, 0) is 0 Å². The van der Waals surface area contributed by atoms with Gasteiger partial charge in [-0.25, -0.2) is 5.43 Å². The molecular formula is C18H12ClIN2O2. The lowest BCUT2D eigenvalue weighted by molar-refractivity contribution is 0.0955. The summed E-state index contributed by atoms with van der Waals surface area (Å²) in [7, 11) is 0. The van der Waals surface area contributed by atoms with Crippen molar-refractivity contribution in [2.24, 2.45) is 5.10 Å². The van der Waals surface area contributed by atoms with Gasteiger partial charge in [0.2, 0.25) is 0 Å². The molecule has 2 aromatic carbocycles. The number of hydrogen-bond acceptors (Lipinski definition) is 3. The van der Waals surface area contributed by atoms with E-state index < -0.39 is 0 Å². The number of furan rings is 1. The molecule has 0 saturated carbocycles. The highest BCUT2D eigenvalue weighted by Gasteiger charge is 2.05. The number of amides is 1. The molecule has 3 rings (SSSR count). The van der Waals surface area contributed by atoms with Crippen LogP contribution in [0.4, 0.5) is 0 Å². The molecule has 1 heterocycles. The first-order chi connectivity index (χ1) is 11.6. The molecule has 0 spiro atoms. The SMILES string of the molecule is O=C(NN=Cc1ccc(-c2ccc(Cl)cc2)o1)c1ccc(I)cc1. The van der Waals surface area contributed by atoms with Gasteiger partial charge in [-0.05, 0) is 83.3 Å². The number of hydrazone groups is 1. The van der Waals surface area contributed by atoms with Crippen molar-refractivity contribution in [3.8, 4) is 11.3 Å². The third kappa shape index (κ3) is 4.24. The second-order valence-corrected chi connectivity index (χ2v) is 6.60. The van der Waals surface area contributed by atoms with Crippen molar-refractivity contribution in [1.29, 1.82) is 0 Å². The Kier molecular flexibility index (Phi) is 5.32. The van der Waals surface area contributed by atoms with E-state index in [9.17, 15) is 4.79 Å². The van der Waals surface area contributed by atoms with Crippen LogP contribution in [-0.4, -0.2) is 12.1 Å². The van der Waals surface area contributed by atoms with E-state index in [2.05, 4.69) is 33.1 Å². The number of halogens is 2. The Labute approximate surface area is 157 Å². The first-order valence-electron chi connectivity index (χ1n) is 7.06. The molecule has 0 radical (unpaired) electrons. The summed E-state index contributed by atoms with van der Waals surface area (Å²) in [6.07, 6.45) is 1.46. The smallest absolute Gasteiger partial charge is 0.271 e. The minimum Gasteiger partial charge on any atom is -0.455 e. The first kappa shape index (κ1) is 16.7. The van der Waals surface area contributed by atoms with Crippen molar-refractivity contribution in [1.82, 2.24) is 5.43 Å². The number of rotatable bonds is 4. The van der Waals surface area contributed by atoms with Gasteiger partial charge in [0.05, 0.1) is 6.21 Å². The molecule has 1 amide bonds. The van der Waals surface area contributed by atoms with Crippen molar-refractivity contribution >= 4 is 46.3 Å². The average molecular weight is 451 g/mol. The van der Waals surface area contributed by atoms with Crippen molar-refractivity contribution in [3.63, 3.8) is 0 Å². The summed E-state index contributed by atoms with van der Waals surface area (Å²) >= 11 is 8.05. The Hall–Kier alpha value is -2.12. The lowest BCUT2D eigenvalue weighted by Crippen LogP contribution is -2.17. The fourth-order valence-electron chi connectivity index (χ4n) is 2.01. The van der Waals surface area contributed by atoms with Gasteiger partial charge in [0.1, 0.15) is 11.5 Å². The Balaban J connectivity index is 1.64. The molecule has 0 fully saturated rings. The molecule has 0 bridgehead atoms. The largest absolute Gasteiger partial charge is 0.455 e. The van der Waals surface area contributed by atoms with Crippen LogP contribution in [0.15, 0.2) is 70.2 Å². The normalized spacial score (nSPS) is 10.9. The van der Waals surface area contributed by atoms with Crippen LogP contribution in [0.3, 0.4) is 0 Å². The summed E-state index contributed by atoms with van der Waals surface area (Å²) in [6.45, 7) is 0. The number of hydrogen-bond donors (Lipinski definition) is 1. The molecule has 0 unspecified atom stereocenters. The standard InChI is InChI=1S/C18H12ClIN2O2/c19-14-5-1-12(2-6-14)17-10-9-16(24-17)11-21-22-18(23)13-3-7-15(20)8-4-13/h1-11H,(H,22,23). The van der Waals surface area contributed by atoms with Gasteiger partial charge in [0, 0.05) is 19.7 Å². The summed E-state index contributed by atoms with van der Waals surface area (Å²) in [5.41, 5.74) is 3.94. The van der Waals surface area contributed by atoms with Crippen LogP contribution < -0.4 is 5.43 Å². The molecule has 120 valence electrons. The number of nitrogens with zero attached hydrogens (tertiary/aromatic N) is 1. The maximum absolute atomic E-state index is 11.9. The lowest BCUT2D eigenvalue weighted by Gasteiger charge is -1.99. The van der Waals surface area contributed by atoms with E-state index in [0.717, 1.165) is 9.13 Å². The number of benzene rings is 2. The highest BCUT2D eigenvalue weighted by Crippen LogP contribution is 2.23. The van der Waals surface area contributed by atoms with E-state index >= 15 is 0 Å². The summed E-state index contributed by atoms with van der Waals surface area (Å²) in [5, 5.41) is 4.59. The van der Waals surface area contributed by atoms with E-state index in [1.165, 1.54) is 6.21 Å². The number of carbonyl (C=O) groups excluding carboxylic acids is 1. The van der Waals surface area contributed by atoms with Crippen molar-refractivity contribution in [2.75, 3.05) is 0 Å². The van der Waals surface area contributed by atoms with Gasteiger partial charge >= 0.3 is 0 Å². The van der Waals surface area contributed by atoms with Gasteiger partial charge in [-0.15, -0.1) is 0 Å². The van der Waals surface area contributed by atoms with Crippen LogP contribution in [0.5, 0.6) is 0 Å². The predicted molar refractivity (Wildman–Crippen MR) is 103 cm³/mol. The molecule has 1 N–H and O–H groups in total. The minimum atomic E-state index is -0.271. The highest BCUT2D eigenvalue weighted by atomic mass is 127. The van der Waals surface area contributed by atoms with Crippen LogP contribution in [0.2, 0.25) is 5.02 Å². The van der Waals surface area contributed by atoms with Gasteiger partial charge in [-0.3, -0.25) is 4.79 Å². The summed E-state index contributed by atoms with van der Waals surface area (Å²) in [6, 6.07) is 18.2. The quantitative estimate of drug-likeness (QED) is 0.347. The molecule has 0 saturated heterocycles. The topological polar surface area (TPSA) is 54.6 Å². The van der Waals surface area contributed by atoms with Crippen LogP contribution in [0.25, 0.3) is 11.3 Å². The number of nitrogens with one attached hydrogen (secondary N) is 1. The second-order valence-electron chi connectivity index (χ2n) is 4.91. The average Bonchev–Trinajstić information content (AvgIpc) is 3.05. The Morgan fingerprint density at radius 1 is 1.04 bits per heavy atom. The van der Waals surface area contributed by atoms with Gasteiger partial charge in [-0.1, -0.05) is 11.6 Å². The van der Waals surface area contributed by atoms with E-state index in [1.54, 1.807) is 30.3 Å². The molecule has 1 aromatic heterocycles. The molecule has 6 heteroatoms. The number of carbonyl (C=O) groups is 1. The molecule has 0 aliphatic heterocycles. The summed E-state index contributed by atoms with van der Waals surface area (Å²) in [4.78, 5) is 11.9. The minimum absolute atomic E-state index is 0.271. The highest BCUT2D eigenvalue weighted by molar-refractivity contribution is 14.1. The summed E-state index contributed by atoms with van der Waals surface area (Å²) < 4.78 is 6.74. The first-order valence-corrected chi connectivity index (χ1v) is 8.52. The lowest BCUT2D eigenvalue weighted by atomic mass is 10.2. The molecule has 4 nitrogen and oxygen atoms in total. The van der Waals surface area contributed by atoms with E-state index in [-0.39, 0.29) is 5.91 Å². The fourth-order valence-corrected chi connectivity index (χ4v) is 2.50. The monoisotopic (exact) mass is 450 g/mol. The Morgan fingerprint density at radius 3 is 2.46 bits per heavy atom. The molecule has 0 atom stereocenters. The third-order valence-electron chi connectivity index (χ3n) is 3.22. The van der Waals surface area contributed by atoms with Crippen molar-refractivity contribution in [2.45, 2.75) is 0 Å². The zero-order valence-electron chi connectivity index (χ0n) is 12.4. The van der Waals surface area contributed by atoms with E-state index in [4.69, 9.17) is 16.0 Å². The van der Waals surface area contributed by atoms with Gasteiger partial charge in [0.25, 0.3) is 5.91 Å². The molecule has 0 aliphatic carbocycles. The predicted octanol–water partition coefficient (Wildman–Crippen LogP) is 4.97. The van der Waals surface area contributed by atoms with Crippen molar-refractivity contribution < 1.29 is 9.21 Å². The zero-order valence-corrected chi connectivity index (χ0v) is 15.3. The van der Waals surface area contributed by atoms with E-state index in [1.807, 2.05) is 30.3 Å². The molecule has 3 aromatic rings. The van der Waals surface area contributed by atoms with Gasteiger partial charge in [-0.2, -0.15) is 5.10 Å². The maximum atomic E-state index is 11.9. The summed E-state index contributed by atoms with van der Waals surface area (Å²) in [5.74, 6) is 0.979. The molecule has 24 heavy (non-hydrogen) atoms. The zero-order chi connectivity index (χ0) is 16.9. The fraction of sp³-hybridized carbons (Fsp3) is 0. The molecule has 0 aliphatic rings. The third-order valence-corrected chi connectivity index (χ3v) is 4.19. The Morgan fingerprint density at radius 2 is 1.75 bits per heavy atom. The van der Waals surface area contributed by atoms with Crippen LogP contribution in [0, 0.1) is 3.57 Å². The van der Waals surface area contributed by atoms with Crippen molar-refractivity contribution in [3.05, 3.63) is 80.6 Å². The second kappa shape index (κ2) is 7.63. The maximum Gasteiger partial charge on any atom is 0.271 e. The van der Waals surface area contributed by atoms with Crippen LogP contribution >= 0.6 is 34.2 Å².